The first-order valence-electron chi connectivity index (χ1n) is 5.06. The molecule has 0 saturated carbocycles. The van der Waals surface area contributed by atoms with Crippen LogP contribution in [0.25, 0.3) is 0 Å². The van der Waals surface area contributed by atoms with Crippen LogP contribution in [0.1, 0.15) is 17.2 Å². The van der Waals surface area contributed by atoms with E-state index in [2.05, 4.69) is 0 Å². The predicted octanol–water partition coefficient (Wildman–Crippen LogP) is 5.38. The van der Waals surface area contributed by atoms with Crippen molar-refractivity contribution in [2.24, 2.45) is 0 Å². The first-order valence-corrected chi connectivity index (χ1v) is 6.57. The highest BCUT2D eigenvalue weighted by Gasteiger charge is 2.13. The molecular weight excluding hydrogens is 314 g/mol. The lowest BCUT2D eigenvalue weighted by atomic mass is 10.0. The molecule has 1 nitrogen and oxygen atoms in total. The van der Waals surface area contributed by atoms with Gasteiger partial charge in [0.2, 0.25) is 0 Å². The Kier molecular flexibility index (Phi) is 4.41. The summed E-state index contributed by atoms with van der Waals surface area (Å²) in [6.45, 7) is 0. The predicted molar refractivity (Wildman–Crippen MR) is 77.0 cm³/mol. The summed E-state index contributed by atoms with van der Waals surface area (Å²) in [5.74, 6) is 0. The summed E-state index contributed by atoms with van der Waals surface area (Å²) < 4.78 is 0. The summed E-state index contributed by atoms with van der Waals surface area (Å²) in [7, 11) is 0. The maximum absolute atomic E-state index is 10.2. The minimum atomic E-state index is -0.851. The summed E-state index contributed by atoms with van der Waals surface area (Å²) in [4.78, 5) is 0. The maximum atomic E-state index is 10.2. The molecule has 0 amide bonds. The van der Waals surface area contributed by atoms with E-state index in [1.807, 2.05) is 0 Å². The fraction of sp³-hybridized carbons (Fsp3) is 0.0769. The number of hydrogen-bond donors (Lipinski definition) is 1. The standard InChI is InChI=1S/C13H8Cl4O/c14-9-3-8(4-10(15)6-9)13(18)7-1-2-11(16)12(17)5-7/h1-6,13,18H. The Morgan fingerprint density at radius 1 is 0.722 bits per heavy atom. The molecule has 0 saturated heterocycles. The Balaban J connectivity index is 2.40. The van der Waals surface area contributed by atoms with Crippen LogP contribution in [-0.2, 0) is 0 Å². The second-order valence-electron chi connectivity index (χ2n) is 3.78. The number of halogens is 4. The largest absolute Gasteiger partial charge is 0.384 e. The smallest absolute Gasteiger partial charge is 0.104 e. The average Bonchev–Trinajstić information content (AvgIpc) is 2.30. The molecular formula is C13H8Cl4O. The minimum Gasteiger partial charge on any atom is -0.384 e. The van der Waals surface area contributed by atoms with Crippen LogP contribution in [-0.4, -0.2) is 5.11 Å². The quantitative estimate of drug-likeness (QED) is 0.787. The summed E-state index contributed by atoms with van der Waals surface area (Å²) in [6, 6.07) is 9.86. The molecule has 0 bridgehead atoms. The van der Waals surface area contributed by atoms with Gasteiger partial charge in [-0.15, -0.1) is 0 Å². The summed E-state index contributed by atoms with van der Waals surface area (Å²) >= 11 is 23.5. The van der Waals surface area contributed by atoms with Crippen LogP contribution in [0.4, 0.5) is 0 Å². The molecule has 0 aromatic heterocycles. The van der Waals surface area contributed by atoms with Crippen molar-refractivity contribution < 1.29 is 5.11 Å². The molecule has 18 heavy (non-hydrogen) atoms. The van der Waals surface area contributed by atoms with Crippen LogP contribution >= 0.6 is 46.4 Å². The van der Waals surface area contributed by atoms with Crippen molar-refractivity contribution in [3.8, 4) is 0 Å². The van der Waals surface area contributed by atoms with Gasteiger partial charge in [0.25, 0.3) is 0 Å². The molecule has 0 heterocycles. The van der Waals surface area contributed by atoms with Gasteiger partial charge >= 0.3 is 0 Å². The molecule has 2 rings (SSSR count). The third-order valence-electron chi connectivity index (χ3n) is 2.46. The van der Waals surface area contributed by atoms with Crippen molar-refractivity contribution >= 4 is 46.4 Å². The minimum absolute atomic E-state index is 0.390. The summed E-state index contributed by atoms with van der Waals surface area (Å²) in [5.41, 5.74) is 1.23. The van der Waals surface area contributed by atoms with Crippen molar-refractivity contribution in [3.63, 3.8) is 0 Å². The van der Waals surface area contributed by atoms with E-state index in [1.54, 1.807) is 36.4 Å². The third kappa shape index (κ3) is 3.11. The fourth-order valence-corrected chi connectivity index (χ4v) is 2.46. The van der Waals surface area contributed by atoms with E-state index in [1.165, 1.54) is 0 Å². The monoisotopic (exact) mass is 320 g/mol. The van der Waals surface area contributed by atoms with Gasteiger partial charge in [0.05, 0.1) is 10.0 Å². The molecule has 2 aromatic carbocycles. The first kappa shape index (κ1) is 14.0. The number of aliphatic hydroxyl groups is 1. The molecule has 1 N–H and O–H groups in total. The van der Waals surface area contributed by atoms with E-state index in [4.69, 9.17) is 46.4 Å². The van der Waals surface area contributed by atoms with Crippen molar-refractivity contribution in [2.45, 2.75) is 6.10 Å². The van der Waals surface area contributed by atoms with Crippen LogP contribution in [0.3, 0.4) is 0 Å². The molecule has 0 aliphatic heterocycles. The highest BCUT2D eigenvalue weighted by Crippen LogP contribution is 2.31. The van der Waals surface area contributed by atoms with Gasteiger partial charge in [0.15, 0.2) is 0 Å². The highest BCUT2D eigenvalue weighted by atomic mass is 35.5. The summed E-state index contributed by atoms with van der Waals surface area (Å²) in [5, 5.41) is 12.0. The van der Waals surface area contributed by atoms with Gasteiger partial charge in [0.1, 0.15) is 6.10 Å². The zero-order valence-corrected chi connectivity index (χ0v) is 12.0. The molecule has 2 aromatic rings. The second-order valence-corrected chi connectivity index (χ2v) is 5.47. The molecule has 0 spiro atoms. The maximum Gasteiger partial charge on any atom is 0.104 e. The van der Waals surface area contributed by atoms with Crippen LogP contribution in [0.2, 0.25) is 20.1 Å². The van der Waals surface area contributed by atoms with E-state index < -0.39 is 6.10 Å². The number of rotatable bonds is 2. The van der Waals surface area contributed by atoms with Crippen LogP contribution in [0.5, 0.6) is 0 Å². The highest BCUT2D eigenvalue weighted by molar-refractivity contribution is 6.42. The van der Waals surface area contributed by atoms with Crippen molar-refractivity contribution in [3.05, 3.63) is 67.6 Å². The SMILES string of the molecule is OC(c1cc(Cl)cc(Cl)c1)c1ccc(Cl)c(Cl)c1. The lowest BCUT2D eigenvalue weighted by molar-refractivity contribution is 0.220. The molecule has 0 aliphatic carbocycles. The Morgan fingerprint density at radius 2 is 1.33 bits per heavy atom. The molecule has 1 atom stereocenters. The van der Waals surface area contributed by atoms with Gasteiger partial charge < -0.3 is 5.11 Å². The Morgan fingerprint density at radius 3 is 1.89 bits per heavy atom. The normalized spacial score (nSPS) is 12.5. The van der Waals surface area contributed by atoms with Crippen molar-refractivity contribution in [1.29, 1.82) is 0 Å². The zero-order valence-electron chi connectivity index (χ0n) is 9.00. The van der Waals surface area contributed by atoms with Crippen LogP contribution < -0.4 is 0 Å². The Bertz CT molecular complexity index is 563. The lowest BCUT2D eigenvalue weighted by Crippen LogP contribution is -1.99. The van der Waals surface area contributed by atoms with Gasteiger partial charge in [0, 0.05) is 10.0 Å². The van der Waals surface area contributed by atoms with Gasteiger partial charge in [-0.2, -0.15) is 0 Å². The number of hydrogen-bond acceptors (Lipinski definition) is 1. The van der Waals surface area contributed by atoms with Crippen molar-refractivity contribution in [1.82, 2.24) is 0 Å². The number of aliphatic hydroxyl groups excluding tert-OH is 1. The molecule has 0 radical (unpaired) electrons. The Labute approximate surface area is 125 Å². The van der Waals surface area contributed by atoms with Crippen LogP contribution in [0, 0.1) is 0 Å². The van der Waals surface area contributed by atoms with E-state index in [-0.39, 0.29) is 0 Å². The molecule has 1 unspecified atom stereocenters. The number of benzene rings is 2. The zero-order chi connectivity index (χ0) is 13.3. The van der Waals surface area contributed by atoms with E-state index in [0.29, 0.717) is 31.2 Å². The second kappa shape index (κ2) is 5.68. The topological polar surface area (TPSA) is 20.2 Å². The van der Waals surface area contributed by atoms with E-state index in [0.717, 1.165) is 0 Å². The molecule has 0 fully saturated rings. The average molecular weight is 322 g/mol. The van der Waals surface area contributed by atoms with Gasteiger partial charge in [-0.3, -0.25) is 0 Å². The Hall–Kier alpha value is -0.440. The van der Waals surface area contributed by atoms with E-state index >= 15 is 0 Å². The van der Waals surface area contributed by atoms with Gasteiger partial charge in [-0.1, -0.05) is 52.5 Å². The van der Waals surface area contributed by atoms with E-state index in [9.17, 15) is 5.11 Å². The van der Waals surface area contributed by atoms with Crippen molar-refractivity contribution in [2.75, 3.05) is 0 Å². The van der Waals surface area contributed by atoms with Gasteiger partial charge in [-0.25, -0.2) is 0 Å². The fourth-order valence-electron chi connectivity index (χ4n) is 1.61. The summed E-state index contributed by atoms with van der Waals surface area (Å²) in [6.07, 6.45) is -0.851. The van der Waals surface area contributed by atoms with Crippen LogP contribution in [0.15, 0.2) is 36.4 Å². The first-order chi connectivity index (χ1) is 8.47. The molecule has 94 valence electrons. The lowest BCUT2D eigenvalue weighted by Gasteiger charge is -2.13. The third-order valence-corrected chi connectivity index (χ3v) is 3.64. The molecule has 5 heteroatoms. The van der Waals surface area contributed by atoms with Gasteiger partial charge in [-0.05, 0) is 41.5 Å². The molecule has 0 aliphatic rings.